The first kappa shape index (κ1) is 17.1. The van der Waals surface area contributed by atoms with E-state index >= 15 is 0 Å². The number of halogens is 1. The molecule has 8 nitrogen and oxygen atoms in total. The van der Waals surface area contributed by atoms with Gasteiger partial charge in [0.15, 0.2) is 11.5 Å². The zero-order chi connectivity index (χ0) is 17.8. The van der Waals surface area contributed by atoms with Crippen LogP contribution in [0.2, 0.25) is 0 Å². The molecule has 0 bridgehead atoms. The first-order valence-corrected chi connectivity index (χ1v) is 8.26. The fourth-order valence-electron chi connectivity index (χ4n) is 2.38. The van der Waals surface area contributed by atoms with E-state index in [2.05, 4.69) is 36.3 Å². The van der Waals surface area contributed by atoms with Gasteiger partial charge in [0.1, 0.15) is 4.60 Å². The lowest BCUT2D eigenvalue weighted by molar-refractivity contribution is 0.102. The first-order chi connectivity index (χ1) is 12.1. The summed E-state index contributed by atoms with van der Waals surface area (Å²) < 4.78 is 2.13. The highest BCUT2D eigenvalue weighted by molar-refractivity contribution is 9.10. The van der Waals surface area contributed by atoms with Gasteiger partial charge < -0.3 is 16.8 Å². The maximum absolute atomic E-state index is 12.3. The van der Waals surface area contributed by atoms with E-state index in [0.717, 1.165) is 5.56 Å². The van der Waals surface area contributed by atoms with Crippen LogP contribution in [0, 0.1) is 0 Å². The van der Waals surface area contributed by atoms with E-state index in [0.29, 0.717) is 16.8 Å². The summed E-state index contributed by atoms with van der Waals surface area (Å²) in [5.74, 6) is -0.410. The number of nitrogens with zero attached hydrogens (tertiary/aromatic N) is 4. The smallest absolute Gasteiger partial charge is 0.278 e. The number of carbonyl (C=O) groups is 1. The molecule has 0 aliphatic heterocycles. The molecule has 0 saturated heterocycles. The maximum Gasteiger partial charge on any atom is 0.278 e. The Kier molecular flexibility index (Phi) is 5.05. The minimum Gasteiger partial charge on any atom is -0.382 e. The van der Waals surface area contributed by atoms with Gasteiger partial charge in [-0.3, -0.25) is 9.48 Å². The summed E-state index contributed by atoms with van der Waals surface area (Å²) in [6.07, 6.45) is 4.69. The van der Waals surface area contributed by atoms with Crippen LogP contribution in [0.3, 0.4) is 0 Å². The van der Waals surface area contributed by atoms with Gasteiger partial charge in [-0.15, -0.1) is 0 Å². The second-order valence-corrected chi connectivity index (χ2v) is 6.06. The summed E-state index contributed by atoms with van der Waals surface area (Å²) in [4.78, 5) is 20.3. The summed E-state index contributed by atoms with van der Waals surface area (Å²) in [6.45, 7) is 0.378. The van der Waals surface area contributed by atoms with Gasteiger partial charge in [-0.25, -0.2) is 9.97 Å². The molecule has 1 aromatic carbocycles. The average molecular weight is 402 g/mol. The third-order valence-electron chi connectivity index (χ3n) is 3.57. The van der Waals surface area contributed by atoms with Gasteiger partial charge in [0.25, 0.3) is 5.91 Å². The van der Waals surface area contributed by atoms with Crippen LogP contribution in [0.5, 0.6) is 0 Å². The Balaban J connectivity index is 1.79. The van der Waals surface area contributed by atoms with E-state index in [9.17, 15) is 4.79 Å². The second-order valence-electron chi connectivity index (χ2n) is 5.25. The van der Waals surface area contributed by atoms with Gasteiger partial charge in [0.05, 0.1) is 24.1 Å². The number of amides is 1. The van der Waals surface area contributed by atoms with Gasteiger partial charge in [-0.1, -0.05) is 30.3 Å². The number of benzene rings is 1. The van der Waals surface area contributed by atoms with Crippen molar-refractivity contribution < 1.29 is 4.79 Å². The van der Waals surface area contributed by atoms with Crippen LogP contribution in [0.25, 0.3) is 0 Å². The number of aromatic nitrogens is 4. The summed E-state index contributed by atoms with van der Waals surface area (Å²) in [5.41, 5.74) is 13.2. The summed E-state index contributed by atoms with van der Waals surface area (Å²) in [7, 11) is 0. The van der Waals surface area contributed by atoms with Crippen molar-refractivity contribution in [2.24, 2.45) is 5.73 Å². The van der Waals surface area contributed by atoms with Crippen LogP contribution >= 0.6 is 15.9 Å². The van der Waals surface area contributed by atoms with Crippen molar-refractivity contribution in [1.29, 1.82) is 0 Å². The number of nitrogens with two attached hydrogens (primary N) is 2. The van der Waals surface area contributed by atoms with Crippen molar-refractivity contribution in [3.63, 3.8) is 0 Å². The topological polar surface area (TPSA) is 125 Å². The SMILES string of the molecule is NCC(c1ccccc1)n1cc(NC(=O)c2nc(Br)cnc2N)cn1. The average Bonchev–Trinajstić information content (AvgIpc) is 3.06. The molecule has 5 N–H and O–H groups in total. The Morgan fingerprint density at radius 3 is 2.76 bits per heavy atom. The Morgan fingerprint density at radius 1 is 1.28 bits per heavy atom. The minimum absolute atomic E-state index is 0.0422. The number of hydrogen-bond donors (Lipinski definition) is 3. The van der Waals surface area contributed by atoms with Crippen LogP contribution < -0.4 is 16.8 Å². The van der Waals surface area contributed by atoms with E-state index < -0.39 is 5.91 Å². The maximum atomic E-state index is 12.3. The molecule has 9 heteroatoms. The molecule has 0 spiro atoms. The lowest BCUT2D eigenvalue weighted by atomic mass is 10.1. The second kappa shape index (κ2) is 7.41. The standard InChI is InChI=1S/C16H16BrN7O/c17-13-8-20-15(19)14(23-13)16(25)22-11-7-21-24(9-11)12(6-18)10-4-2-1-3-5-10/h1-5,7-9,12H,6,18H2,(H2,19,20)(H,22,25). The molecule has 25 heavy (non-hydrogen) atoms. The van der Waals surface area contributed by atoms with Crippen LogP contribution in [0.1, 0.15) is 22.1 Å². The molecule has 0 aliphatic rings. The van der Waals surface area contributed by atoms with Gasteiger partial charge in [-0.05, 0) is 21.5 Å². The molecule has 2 aromatic heterocycles. The van der Waals surface area contributed by atoms with Crippen LogP contribution in [-0.2, 0) is 0 Å². The van der Waals surface area contributed by atoms with E-state index in [1.54, 1.807) is 17.1 Å². The molecule has 0 saturated carbocycles. The molecule has 0 radical (unpaired) electrons. The molecule has 3 rings (SSSR count). The van der Waals surface area contributed by atoms with Crippen molar-refractivity contribution in [1.82, 2.24) is 19.7 Å². The third-order valence-corrected chi connectivity index (χ3v) is 3.95. The van der Waals surface area contributed by atoms with Gasteiger partial charge in [-0.2, -0.15) is 5.10 Å². The monoisotopic (exact) mass is 401 g/mol. The van der Waals surface area contributed by atoms with Crippen LogP contribution in [0.4, 0.5) is 11.5 Å². The summed E-state index contributed by atoms with van der Waals surface area (Å²) in [6, 6.07) is 9.67. The molecule has 3 aromatic rings. The van der Waals surface area contributed by atoms with E-state index in [1.807, 2.05) is 30.3 Å². The fourth-order valence-corrected chi connectivity index (χ4v) is 2.66. The summed E-state index contributed by atoms with van der Waals surface area (Å²) >= 11 is 3.17. The van der Waals surface area contributed by atoms with E-state index in [4.69, 9.17) is 11.5 Å². The largest absolute Gasteiger partial charge is 0.382 e. The number of carbonyl (C=O) groups excluding carboxylic acids is 1. The van der Waals surface area contributed by atoms with Crippen molar-refractivity contribution >= 4 is 33.3 Å². The molecule has 128 valence electrons. The third kappa shape index (κ3) is 3.83. The predicted octanol–water partition coefficient (Wildman–Crippen LogP) is 1.82. The number of nitrogens with one attached hydrogen (secondary N) is 1. The highest BCUT2D eigenvalue weighted by atomic mass is 79.9. The Hall–Kier alpha value is -2.78. The summed E-state index contributed by atoms with van der Waals surface area (Å²) in [5, 5.41) is 7.01. The molecule has 1 atom stereocenters. The van der Waals surface area contributed by atoms with Gasteiger partial charge >= 0.3 is 0 Å². The zero-order valence-electron chi connectivity index (χ0n) is 13.1. The van der Waals surface area contributed by atoms with Crippen molar-refractivity contribution in [2.75, 3.05) is 17.6 Å². The number of nitrogen functional groups attached to an aromatic ring is 1. The van der Waals surface area contributed by atoms with E-state index in [1.165, 1.54) is 6.20 Å². The van der Waals surface area contributed by atoms with Gasteiger partial charge in [0.2, 0.25) is 0 Å². The lowest BCUT2D eigenvalue weighted by Gasteiger charge is -2.15. The lowest BCUT2D eigenvalue weighted by Crippen LogP contribution is -2.21. The van der Waals surface area contributed by atoms with Crippen molar-refractivity contribution in [3.8, 4) is 0 Å². The normalized spacial score (nSPS) is 11.9. The Morgan fingerprint density at radius 2 is 2.04 bits per heavy atom. The Bertz CT molecular complexity index is 881. The van der Waals surface area contributed by atoms with Crippen LogP contribution in [0.15, 0.2) is 53.5 Å². The highest BCUT2D eigenvalue weighted by Gasteiger charge is 2.17. The number of anilines is 2. The van der Waals surface area contributed by atoms with E-state index in [-0.39, 0.29) is 17.6 Å². The minimum atomic E-state index is -0.463. The van der Waals surface area contributed by atoms with Crippen molar-refractivity contribution in [2.45, 2.75) is 6.04 Å². The molecule has 2 heterocycles. The number of hydrogen-bond acceptors (Lipinski definition) is 6. The molecular formula is C16H16BrN7O. The predicted molar refractivity (Wildman–Crippen MR) is 98.0 cm³/mol. The highest BCUT2D eigenvalue weighted by Crippen LogP contribution is 2.19. The quantitative estimate of drug-likeness (QED) is 0.598. The van der Waals surface area contributed by atoms with Gasteiger partial charge in [0, 0.05) is 12.7 Å². The molecule has 1 unspecified atom stereocenters. The van der Waals surface area contributed by atoms with Crippen LogP contribution in [-0.4, -0.2) is 32.2 Å². The fraction of sp³-hybridized carbons (Fsp3) is 0.125. The molecule has 0 fully saturated rings. The number of rotatable bonds is 5. The zero-order valence-corrected chi connectivity index (χ0v) is 14.7. The first-order valence-electron chi connectivity index (χ1n) is 7.47. The Labute approximate surface area is 152 Å². The molecule has 0 aliphatic carbocycles. The molecular weight excluding hydrogens is 386 g/mol. The van der Waals surface area contributed by atoms with Crippen molar-refractivity contribution in [3.05, 3.63) is 64.8 Å². The molecule has 1 amide bonds.